The van der Waals surface area contributed by atoms with Gasteiger partial charge in [0.1, 0.15) is 0 Å². The van der Waals surface area contributed by atoms with Crippen LogP contribution < -0.4 is 5.32 Å². The minimum atomic E-state index is -4.03. The maximum absolute atomic E-state index is 13.2. The molecule has 0 spiro atoms. The summed E-state index contributed by atoms with van der Waals surface area (Å²) >= 11 is 18.3. The third-order valence-corrected chi connectivity index (χ3v) is 6.76. The van der Waals surface area contributed by atoms with Gasteiger partial charge >= 0.3 is 0 Å². The van der Waals surface area contributed by atoms with E-state index >= 15 is 0 Å². The van der Waals surface area contributed by atoms with Crippen molar-refractivity contribution in [3.05, 3.63) is 63.1 Å². The van der Waals surface area contributed by atoms with Crippen LogP contribution in [0.25, 0.3) is 0 Å². The summed E-state index contributed by atoms with van der Waals surface area (Å²) in [6.45, 7) is 1.46. The number of rotatable bonds is 9. The summed E-state index contributed by atoms with van der Waals surface area (Å²) in [6, 6.07) is 10.3. The van der Waals surface area contributed by atoms with Crippen LogP contribution in [-0.2, 0) is 26.1 Å². The van der Waals surface area contributed by atoms with Crippen molar-refractivity contribution in [2.45, 2.75) is 24.4 Å². The fraction of sp³-hybridized carbons (Fsp3) is 0.316. The Hall–Kier alpha value is -1.35. The molecule has 1 N–H and O–H groups in total. The number of sulfonamides is 1. The molecule has 2 aromatic carbocycles. The van der Waals surface area contributed by atoms with Gasteiger partial charge in [0.05, 0.1) is 18.0 Å². The Bertz CT molecular complexity index is 932. The van der Waals surface area contributed by atoms with Crippen molar-refractivity contribution < 1.29 is 17.9 Å². The van der Waals surface area contributed by atoms with E-state index in [1.54, 1.807) is 25.1 Å². The first-order valence-corrected chi connectivity index (χ1v) is 11.2. The second-order valence-corrected chi connectivity index (χ2v) is 9.54. The summed E-state index contributed by atoms with van der Waals surface area (Å²) in [5.41, 5.74) is 0.408. The van der Waals surface area contributed by atoms with E-state index in [9.17, 15) is 13.2 Å². The van der Waals surface area contributed by atoms with Gasteiger partial charge in [0.25, 0.3) is 0 Å². The van der Waals surface area contributed by atoms with Crippen LogP contribution >= 0.6 is 34.8 Å². The van der Waals surface area contributed by atoms with E-state index in [-0.39, 0.29) is 17.5 Å². The summed E-state index contributed by atoms with van der Waals surface area (Å²) in [6.07, 6.45) is 0. The molecule has 0 aliphatic carbocycles. The summed E-state index contributed by atoms with van der Waals surface area (Å²) in [5, 5.41) is 3.72. The lowest BCUT2D eigenvalue weighted by atomic mass is 10.2. The van der Waals surface area contributed by atoms with E-state index in [4.69, 9.17) is 39.5 Å². The number of ether oxygens (including phenoxy) is 1. The Morgan fingerprint density at radius 3 is 2.24 bits per heavy atom. The Kier molecular flexibility index (Phi) is 8.75. The molecular weight excluding hydrogens is 459 g/mol. The number of hydrogen-bond acceptors (Lipinski definition) is 4. The molecule has 0 heterocycles. The van der Waals surface area contributed by atoms with E-state index in [0.29, 0.717) is 27.2 Å². The van der Waals surface area contributed by atoms with Crippen LogP contribution in [0.1, 0.15) is 12.5 Å². The lowest BCUT2D eigenvalue weighted by molar-refractivity contribution is -0.122. The molecule has 0 fully saturated rings. The molecule has 0 saturated heterocycles. The first kappa shape index (κ1) is 23.9. The van der Waals surface area contributed by atoms with Crippen LogP contribution in [-0.4, -0.2) is 44.9 Å². The number of benzene rings is 2. The predicted octanol–water partition coefficient (Wildman–Crippen LogP) is 3.99. The SMILES string of the molecule is COC[C@@H](C)NC(=O)CN(Cc1c(Cl)cccc1Cl)S(=O)(=O)c1ccc(Cl)cc1. The third-order valence-electron chi connectivity index (χ3n) is 3.99. The van der Waals surface area contributed by atoms with Gasteiger partial charge in [-0.25, -0.2) is 8.42 Å². The molecule has 1 atom stereocenters. The van der Waals surface area contributed by atoms with Gasteiger partial charge in [-0.15, -0.1) is 0 Å². The highest BCUT2D eigenvalue weighted by molar-refractivity contribution is 7.89. The molecule has 6 nitrogen and oxygen atoms in total. The zero-order valence-corrected chi connectivity index (χ0v) is 18.9. The zero-order valence-electron chi connectivity index (χ0n) is 15.9. The Morgan fingerprint density at radius 1 is 1.10 bits per heavy atom. The van der Waals surface area contributed by atoms with E-state index in [1.165, 1.54) is 31.4 Å². The molecule has 0 aliphatic heterocycles. The molecule has 0 aromatic heterocycles. The van der Waals surface area contributed by atoms with E-state index in [1.807, 2.05) is 0 Å². The molecule has 0 radical (unpaired) electrons. The summed E-state index contributed by atoms with van der Waals surface area (Å²) in [7, 11) is -2.51. The maximum Gasteiger partial charge on any atom is 0.243 e. The van der Waals surface area contributed by atoms with Crippen molar-refractivity contribution in [2.75, 3.05) is 20.3 Å². The smallest absolute Gasteiger partial charge is 0.243 e. The standard InChI is InChI=1S/C19H21Cl3N2O4S/c1-13(12-28-2)23-19(25)11-24(10-16-17(21)4-3-5-18(16)22)29(26,27)15-8-6-14(20)7-9-15/h3-9,13H,10-12H2,1-2H3,(H,23,25)/t13-/m1/s1. The van der Waals surface area contributed by atoms with Crippen LogP contribution in [0.4, 0.5) is 0 Å². The van der Waals surface area contributed by atoms with Crippen molar-refractivity contribution in [1.82, 2.24) is 9.62 Å². The van der Waals surface area contributed by atoms with Crippen molar-refractivity contribution >= 4 is 50.7 Å². The lowest BCUT2D eigenvalue weighted by Crippen LogP contribution is -2.44. The molecule has 10 heteroatoms. The topological polar surface area (TPSA) is 75.7 Å². The van der Waals surface area contributed by atoms with E-state index in [0.717, 1.165) is 4.31 Å². The minimum Gasteiger partial charge on any atom is -0.383 e. The first-order chi connectivity index (χ1) is 13.6. The van der Waals surface area contributed by atoms with Gasteiger partial charge in [0.15, 0.2) is 0 Å². The third kappa shape index (κ3) is 6.57. The van der Waals surface area contributed by atoms with Gasteiger partial charge in [0.2, 0.25) is 15.9 Å². The fourth-order valence-electron chi connectivity index (χ4n) is 2.61. The number of hydrogen-bond donors (Lipinski definition) is 1. The van der Waals surface area contributed by atoms with Crippen LogP contribution in [0, 0.1) is 0 Å². The summed E-state index contributed by atoms with van der Waals surface area (Å²) < 4.78 is 32.4. The lowest BCUT2D eigenvalue weighted by Gasteiger charge is -2.24. The van der Waals surface area contributed by atoms with Gasteiger partial charge in [-0.1, -0.05) is 40.9 Å². The Balaban J connectivity index is 2.36. The predicted molar refractivity (Wildman–Crippen MR) is 115 cm³/mol. The number of halogens is 3. The van der Waals surface area contributed by atoms with Crippen LogP contribution in [0.15, 0.2) is 47.4 Å². The second-order valence-electron chi connectivity index (χ2n) is 6.35. The number of methoxy groups -OCH3 is 1. The first-order valence-electron chi connectivity index (χ1n) is 8.62. The minimum absolute atomic E-state index is 0.00261. The van der Waals surface area contributed by atoms with Crippen molar-refractivity contribution in [1.29, 1.82) is 0 Å². The number of carbonyl (C=O) groups excluding carboxylic acids is 1. The monoisotopic (exact) mass is 478 g/mol. The number of amides is 1. The second kappa shape index (κ2) is 10.6. The summed E-state index contributed by atoms with van der Waals surface area (Å²) in [4.78, 5) is 12.5. The number of carbonyl (C=O) groups is 1. The molecule has 2 aromatic rings. The molecule has 1 amide bonds. The molecule has 2 rings (SSSR count). The van der Waals surface area contributed by atoms with Gasteiger partial charge < -0.3 is 10.1 Å². The molecule has 158 valence electrons. The quantitative estimate of drug-likeness (QED) is 0.590. The highest BCUT2D eigenvalue weighted by Gasteiger charge is 2.28. The molecule has 0 unspecified atom stereocenters. The van der Waals surface area contributed by atoms with Gasteiger partial charge in [-0.2, -0.15) is 4.31 Å². The molecule has 0 bridgehead atoms. The van der Waals surface area contributed by atoms with Crippen LogP contribution in [0.5, 0.6) is 0 Å². The van der Waals surface area contributed by atoms with Crippen molar-refractivity contribution in [3.8, 4) is 0 Å². The maximum atomic E-state index is 13.2. The van der Waals surface area contributed by atoms with Crippen molar-refractivity contribution in [3.63, 3.8) is 0 Å². The molecule has 29 heavy (non-hydrogen) atoms. The normalized spacial score (nSPS) is 12.8. The van der Waals surface area contributed by atoms with Gasteiger partial charge in [-0.3, -0.25) is 4.79 Å². The van der Waals surface area contributed by atoms with E-state index in [2.05, 4.69) is 5.32 Å². The van der Waals surface area contributed by atoms with Crippen molar-refractivity contribution in [2.24, 2.45) is 0 Å². The summed E-state index contributed by atoms with van der Waals surface area (Å²) in [5.74, 6) is -0.477. The molecule has 0 saturated carbocycles. The number of nitrogens with zero attached hydrogens (tertiary/aromatic N) is 1. The zero-order chi connectivity index (χ0) is 21.6. The highest BCUT2D eigenvalue weighted by atomic mass is 35.5. The van der Waals surface area contributed by atoms with Gasteiger partial charge in [-0.05, 0) is 43.3 Å². The highest BCUT2D eigenvalue weighted by Crippen LogP contribution is 2.28. The Morgan fingerprint density at radius 2 is 1.69 bits per heavy atom. The van der Waals surface area contributed by atoms with Gasteiger partial charge in [0, 0.05) is 40.3 Å². The largest absolute Gasteiger partial charge is 0.383 e. The van der Waals surface area contributed by atoms with Crippen LogP contribution in [0.3, 0.4) is 0 Å². The molecular formula is C19H21Cl3N2O4S. The molecule has 0 aliphatic rings. The number of nitrogens with one attached hydrogen (secondary N) is 1. The van der Waals surface area contributed by atoms with Crippen LogP contribution in [0.2, 0.25) is 15.1 Å². The van der Waals surface area contributed by atoms with E-state index < -0.39 is 22.5 Å². The average molecular weight is 480 g/mol. The Labute approximate surface area is 185 Å². The average Bonchev–Trinajstić information content (AvgIpc) is 2.64. The fourth-order valence-corrected chi connectivity index (χ4v) is 4.62.